The molecule has 0 saturated carbocycles. The van der Waals surface area contributed by atoms with Gasteiger partial charge in [-0.15, -0.1) is 0 Å². The smallest absolute Gasteiger partial charge is 0.334 e. The Morgan fingerprint density at radius 3 is 1.92 bits per heavy atom. The van der Waals surface area contributed by atoms with Gasteiger partial charge in [-0.1, -0.05) is 91.5 Å². The van der Waals surface area contributed by atoms with Crippen LogP contribution in [0.4, 0.5) is 0 Å². The van der Waals surface area contributed by atoms with Crippen molar-refractivity contribution >= 4 is 5.97 Å². The molecule has 0 aliphatic rings. The molecule has 0 bridgehead atoms. The van der Waals surface area contributed by atoms with Crippen LogP contribution in [0, 0.1) is 0 Å². The Morgan fingerprint density at radius 1 is 0.720 bits per heavy atom. The maximum Gasteiger partial charge on any atom is 0.334 e. The Morgan fingerprint density at radius 2 is 1.28 bits per heavy atom. The Balaban J connectivity index is 1.56. The van der Waals surface area contributed by atoms with Gasteiger partial charge in [0.05, 0.1) is 0 Å². The van der Waals surface area contributed by atoms with Crippen molar-refractivity contribution in [2.24, 2.45) is 0 Å². The molecule has 2 heteroatoms. The third-order valence-electron chi connectivity index (χ3n) is 3.98. The maximum atomic E-state index is 12.1. The molecular formula is C23H20O2. The van der Waals surface area contributed by atoms with E-state index in [1.54, 1.807) is 0 Å². The molecule has 2 nitrogen and oxygen atoms in total. The fraction of sp³-hybridized carbons (Fsp3) is 0.0870. The molecule has 0 spiro atoms. The highest BCUT2D eigenvalue weighted by Crippen LogP contribution is 2.20. The minimum atomic E-state index is -0.351. The zero-order valence-corrected chi connectivity index (χ0v) is 14.0. The van der Waals surface area contributed by atoms with Crippen molar-refractivity contribution in [3.8, 4) is 11.1 Å². The van der Waals surface area contributed by atoms with Gasteiger partial charge in [-0.3, -0.25) is 0 Å². The lowest BCUT2D eigenvalue weighted by molar-refractivity contribution is -0.140. The molecule has 0 heterocycles. The summed E-state index contributed by atoms with van der Waals surface area (Å²) < 4.78 is 5.32. The largest absolute Gasteiger partial charge is 0.457 e. The van der Waals surface area contributed by atoms with Crippen LogP contribution in [0.2, 0.25) is 0 Å². The van der Waals surface area contributed by atoms with Crippen LogP contribution in [-0.2, 0) is 22.6 Å². The number of esters is 1. The van der Waals surface area contributed by atoms with Gasteiger partial charge in [-0.2, -0.15) is 0 Å². The molecule has 0 fully saturated rings. The molecule has 0 saturated heterocycles. The number of hydrogen-bond donors (Lipinski definition) is 0. The number of carbonyl (C=O) groups is 1. The molecule has 3 aromatic rings. The number of hydrogen-bond acceptors (Lipinski definition) is 2. The minimum absolute atomic E-state index is 0.269. The zero-order valence-electron chi connectivity index (χ0n) is 14.0. The molecule has 0 N–H and O–H groups in total. The molecule has 0 atom stereocenters. The average Bonchev–Trinajstić information content (AvgIpc) is 2.68. The summed E-state index contributed by atoms with van der Waals surface area (Å²) in [5.74, 6) is -0.351. The maximum absolute atomic E-state index is 12.1. The summed E-state index contributed by atoms with van der Waals surface area (Å²) in [7, 11) is 0. The normalized spacial score (nSPS) is 10.2. The number of ether oxygens (including phenoxy) is 1. The molecule has 3 aromatic carbocycles. The lowest BCUT2D eigenvalue weighted by atomic mass is 10.0. The van der Waals surface area contributed by atoms with Crippen LogP contribution < -0.4 is 0 Å². The lowest BCUT2D eigenvalue weighted by Crippen LogP contribution is -2.09. The summed E-state index contributed by atoms with van der Waals surface area (Å²) in [6.45, 7) is 4.14. The third kappa shape index (κ3) is 4.67. The molecule has 25 heavy (non-hydrogen) atoms. The third-order valence-corrected chi connectivity index (χ3v) is 3.98. The van der Waals surface area contributed by atoms with E-state index in [0.717, 1.165) is 16.7 Å². The Bertz CT molecular complexity index is 834. The van der Waals surface area contributed by atoms with E-state index < -0.39 is 0 Å². The van der Waals surface area contributed by atoms with Gasteiger partial charge in [-0.25, -0.2) is 4.79 Å². The minimum Gasteiger partial charge on any atom is -0.457 e. The average molecular weight is 328 g/mol. The SMILES string of the molecule is C=C(Cc1ccc(-c2ccccc2)cc1)C(=O)OCc1ccccc1. The first kappa shape index (κ1) is 16.7. The fourth-order valence-corrected chi connectivity index (χ4v) is 2.59. The first-order chi connectivity index (χ1) is 12.2. The van der Waals surface area contributed by atoms with E-state index in [1.807, 2.05) is 60.7 Å². The number of carbonyl (C=O) groups excluding carboxylic acids is 1. The van der Waals surface area contributed by atoms with Crippen molar-refractivity contribution in [2.75, 3.05) is 0 Å². The topological polar surface area (TPSA) is 26.3 Å². The molecule has 0 aliphatic heterocycles. The van der Waals surface area contributed by atoms with Gasteiger partial charge in [-0.05, 0) is 22.3 Å². The molecule has 0 aromatic heterocycles. The van der Waals surface area contributed by atoms with Gasteiger partial charge in [0.1, 0.15) is 6.61 Å². The van der Waals surface area contributed by atoms with Crippen LogP contribution in [-0.4, -0.2) is 5.97 Å². The van der Waals surface area contributed by atoms with Crippen LogP contribution in [0.25, 0.3) is 11.1 Å². The number of benzene rings is 3. The first-order valence-corrected chi connectivity index (χ1v) is 8.25. The quantitative estimate of drug-likeness (QED) is 0.459. The fourth-order valence-electron chi connectivity index (χ4n) is 2.59. The van der Waals surface area contributed by atoms with Gasteiger partial charge >= 0.3 is 5.97 Å². The van der Waals surface area contributed by atoms with E-state index in [0.29, 0.717) is 12.0 Å². The van der Waals surface area contributed by atoms with E-state index in [-0.39, 0.29) is 12.6 Å². The van der Waals surface area contributed by atoms with Crippen molar-refractivity contribution in [2.45, 2.75) is 13.0 Å². The van der Waals surface area contributed by atoms with Gasteiger partial charge < -0.3 is 4.74 Å². The first-order valence-electron chi connectivity index (χ1n) is 8.25. The summed E-state index contributed by atoms with van der Waals surface area (Å²) in [6.07, 6.45) is 0.489. The second kappa shape index (κ2) is 8.11. The molecular weight excluding hydrogens is 308 g/mol. The second-order valence-corrected chi connectivity index (χ2v) is 5.91. The highest BCUT2D eigenvalue weighted by molar-refractivity contribution is 5.88. The second-order valence-electron chi connectivity index (χ2n) is 5.91. The summed E-state index contributed by atoms with van der Waals surface area (Å²) in [5.41, 5.74) is 4.80. The van der Waals surface area contributed by atoms with E-state index in [4.69, 9.17) is 4.74 Å². The van der Waals surface area contributed by atoms with Crippen LogP contribution in [0.3, 0.4) is 0 Å². The van der Waals surface area contributed by atoms with Crippen LogP contribution in [0.1, 0.15) is 11.1 Å². The van der Waals surface area contributed by atoms with E-state index in [9.17, 15) is 4.79 Å². The van der Waals surface area contributed by atoms with Gasteiger partial charge in [0.15, 0.2) is 0 Å². The highest BCUT2D eigenvalue weighted by Gasteiger charge is 2.10. The van der Waals surface area contributed by atoms with Crippen molar-refractivity contribution in [1.29, 1.82) is 0 Å². The van der Waals surface area contributed by atoms with Gasteiger partial charge in [0, 0.05) is 12.0 Å². The van der Waals surface area contributed by atoms with Crippen LogP contribution >= 0.6 is 0 Å². The summed E-state index contributed by atoms with van der Waals surface area (Å²) >= 11 is 0. The van der Waals surface area contributed by atoms with Crippen LogP contribution in [0.15, 0.2) is 97.1 Å². The summed E-state index contributed by atoms with van der Waals surface area (Å²) in [5, 5.41) is 0. The van der Waals surface area contributed by atoms with Crippen molar-refractivity contribution < 1.29 is 9.53 Å². The lowest BCUT2D eigenvalue weighted by Gasteiger charge is -2.08. The van der Waals surface area contributed by atoms with Crippen molar-refractivity contribution in [3.05, 3.63) is 108 Å². The van der Waals surface area contributed by atoms with Crippen molar-refractivity contribution in [1.82, 2.24) is 0 Å². The summed E-state index contributed by atoms with van der Waals surface area (Å²) in [6, 6.07) is 28.0. The Kier molecular flexibility index (Phi) is 5.43. The monoisotopic (exact) mass is 328 g/mol. The molecule has 0 radical (unpaired) electrons. The molecule has 0 aliphatic carbocycles. The van der Waals surface area contributed by atoms with Gasteiger partial charge in [0.25, 0.3) is 0 Å². The predicted molar refractivity (Wildman–Crippen MR) is 101 cm³/mol. The molecule has 0 amide bonds. The van der Waals surface area contributed by atoms with Crippen molar-refractivity contribution in [3.63, 3.8) is 0 Å². The molecule has 0 unspecified atom stereocenters. The van der Waals surface area contributed by atoms with E-state index in [1.165, 1.54) is 5.56 Å². The molecule has 3 rings (SSSR count). The van der Waals surface area contributed by atoms with E-state index >= 15 is 0 Å². The van der Waals surface area contributed by atoms with Gasteiger partial charge in [0.2, 0.25) is 0 Å². The van der Waals surface area contributed by atoms with Crippen LogP contribution in [0.5, 0.6) is 0 Å². The highest BCUT2D eigenvalue weighted by atomic mass is 16.5. The zero-order chi connectivity index (χ0) is 17.5. The Labute approximate surface area is 148 Å². The predicted octanol–water partition coefficient (Wildman–Crippen LogP) is 5.20. The standard InChI is InChI=1S/C23H20O2/c1-18(23(24)25-17-20-8-4-2-5-9-20)16-19-12-14-22(15-13-19)21-10-6-3-7-11-21/h2-15H,1,16-17H2. The Hall–Kier alpha value is -3.13. The van der Waals surface area contributed by atoms with E-state index in [2.05, 4.69) is 30.8 Å². The summed E-state index contributed by atoms with van der Waals surface area (Å²) in [4.78, 5) is 12.1. The number of rotatable bonds is 6. The molecule has 124 valence electrons.